The van der Waals surface area contributed by atoms with Crippen molar-refractivity contribution in [1.82, 2.24) is 0 Å². The number of benzene rings is 1. The summed E-state index contributed by atoms with van der Waals surface area (Å²) < 4.78 is 25.2. The van der Waals surface area contributed by atoms with E-state index in [1.54, 1.807) is 0 Å². The Kier molecular flexibility index (Phi) is 4.62. The van der Waals surface area contributed by atoms with Crippen molar-refractivity contribution in [3.05, 3.63) is 50.6 Å². The zero-order valence-electron chi connectivity index (χ0n) is 10.2. The number of rotatable bonds is 5. The molecule has 2 aromatic rings. The monoisotopic (exact) mass is 374 g/mol. The van der Waals surface area contributed by atoms with E-state index in [1.165, 1.54) is 29.5 Å². The van der Waals surface area contributed by atoms with Gasteiger partial charge in [0.25, 0.3) is 0 Å². The largest absolute Gasteiger partial charge is 0.478 e. The smallest absolute Gasteiger partial charge is 0.337 e. The van der Waals surface area contributed by atoms with Gasteiger partial charge in [0, 0.05) is 4.47 Å². The van der Waals surface area contributed by atoms with E-state index in [1.807, 2.05) is 16.8 Å². The Morgan fingerprint density at radius 2 is 2.05 bits per heavy atom. The molecule has 1 heterocycles. The van der Waals surface area contributed by atoms with Gasteiger partial charge in [-0.1, -0.05) is 15.9 Å². The number of aromatic carboxylic acids is 1. The summed E-state index contributed by atoms with van der Waals surface area (Å²) >= 11 is 4.67. The van der Waals surface area contributed by atoms with Crippen LogP contribution < -0.4 is 0 Å². The number of carboxylic acid groups (broad SMARTS) is 1. The fourth-order valence-electron chi connectivity index (χ4n) is 1.73. The van der Waals surface area contributed by atoms with Gasteiger partial charge in [0.15, 0.2) is 9.84 Å². The van der Waals surface area contributed by atoms with E-state index in [4.69, 9.17) is 5.11 Å². The van der Waals surface area contributed by atoms with Gasteiger partial charge in [-0.15, -0.1) is 0 Å². The van der Waals surface area contributed by atoms with Gasteiger partial charge in [0.05, 0.1) is 16.2 Å². The van der Waals surface area contributed by atoms with Crippen LogP contribution in [0.15, 0.2) is 44.4 Å². The number of carboxylic acids is 1. The number of carbonyl (C=O) groups is 1. The average molecular weight is 375 g/mol. The molecule has 0 unspecified atom stereocenters. The Bertz CT molecular complexity index is 721. The first-order valence-electron chi connectivity index (χ1n) is 5.67. The average Bonchev–Trinajstić information content (AvgIpc) is 2.89. The summed E-state index contributed by atoms with van der Waals surface area (Å²) in [5.74, 6) is -1.35. The number of aryl methyl sites for hydroxylation is 1. The first-order valence-corrected chi connectivity index (χ1v) is 9.05. The topological polar surface area (TPSA) is 71.4 Å². The summed E-state index contributed by atoms with van der Waals surface area (Å²) in [4.78, 5) is 11.0. The number of hydrogen-bond donors (Lipinski definition) is 1. The van der Waals surface area contributed by atoms with Crippen molar-refractivity contribution in [2.75, 3.05) is 5.75 Å². The van der Waals surface area contributed by atoms with E-state index in [0.717, 1.165) is 5.56 Å². The van der Waals surface area contributed by atoms with Crippen molar-refractivity contribution in [3.63, 3.8) is 0 Å². The van der Waals surface area contributed by atoms with Crippen LogP contribution in [0, 0.1) is 0 Å². The van der Waals surface area contributed by atoms with Crippen LogP contribution in [0.25, 0.3) is 0 Å². The minimum atomic E-state index is -3.64. The second-order valence-electron chi connectivity index (χ2n) is 4.15. The molecule has 0 saturated heterocycles. The minimum absolute atomic E-state index is 0.111. The Morgan fingerprint density at radius 1 is 1.30 bits per heavy atom. The van der Waals surface area contributed by atoms with E-state index in [-0.39, 0.29) is 16.2 Å². The van der Waals surface area contributed by atoms with Gasteiger partial charge in [0.2, 0.25) is 0 Å². The minimum Gasteiger partial charge on any atom is -0.478 e. The molecule has 20 heavy (non-hydrogen) atoms. The molecule has 0 aliphatic rings. The lowest BCUT2D eigenvalue weighted by Gasteiger charge is -2.08. The summed E-state index contributed by atoms with van der Waals surface area (Å²) in [6.07, 6.45) is 0.372. The fraction of sp³-hybridized carbons (Fsp3) is 0.154. The maximum atomic E-state index is 12.3. The summed E-state index contributed by atoms with van der Waals surface area (Å²) in [6, 6.07) is 6.01. The second kappa shape index (κ2) is 6.07. The lowest BCUT2D eigenvalue weighted by atomic mass is 10.2. The van der Waals surface area contributed by atoms with Crippen molar-refractivity contribution < 1.29 is 18.3 Å². The molecule has 7 heteroatoms. The Labute approximate surface area is 129 Å². The standard InChI is InChI=1S/C13H11BrO4S2/c14-10-1-2-11(13(15)16)12(7-10)20(17,18)6-4-9-3-5-19-8-9/h1-3,5,7-8H,4,6H2,(H,15,16). The summed E-state index contributed by atoms with van der Waals surface area (Å²) in [7, 11) is -3.64. The maximum Gasteiger partial charge on any atom is 0.337 e. The van der Waals surface area contributed by atoms with E-state index >= 15 is 0 Å². The van der Waals surface area contributed by atoms with Gasteiger partial charge in [-0.3, -0.25) is 0 Å². The molecule has 0 radical (unpaired) electrons. The van der Waals surface area contributed by atoms with Crippen molar-refractivity contribution >= 4 is 43.1 Å². The first-order chi connectivity index (χ1) is 9.40. The molecule has 0 spiro atoms. The molecule has 0 aliphatic carbocycles. The van der Waals surface area contributed by atoms with Crippen LogP contribution in [-0.2, 0) is 16.3 Å². The predicted molar refractivity (Wildman–Crippen MR) is 81.2 cm³/mol. The molecule has 1 aromatic carbocycles. The normalized spacial score (nSPS) is 11.4. The van der Waals surface area contributed by atoms with Crippen LogP contribution in [-0.4, -0.2) is 25.2 Å². The lowest BCUT2D eigenvalue weighted by Crippen LogP contribution is -2.14. The van der Waals surface area contributed by atoms with Crippen LogP contribution in [0.3, 0.4) is 0 Å². The maximum absolute atomic E-state index is 12.3. The summed E-state index contributed by atoms with van der Waals surface area (Å²) in [5.41, 5.74) is 0.740. The van der Waals surface area contributed by atoms with Crippen LogP contribution >= 0.6 is 27.3 Å². The summed E-state index contributed by atoms with van der Waals surface area (Å²) in [6.45, 7) is 0. The Hall–Kier alpha value is -1.18. The molecule has 0 aliphatic heterocycles. The van der Waals surface area contributed by atoms with Crippen molar-refractivity contribution in [2.24, 2.45) is 0 Å². The van der Waals surface area contributed by atoms with Crippen molar-refractivity contribution in [2.45, 2.75) is 11.3 Å². The van der Waals surface area contributed by atoms with Gasteiger partial charge < -0.3 is 5.11 Å². The molecule has 0 saturated carbocycles. The van der Waals surface area contributed by atoms with Crippen LogP contribution in [0.2, 0.25) is 0 Å². The number of thiophene rings is 1. The molecule has 4 nitrogen and oxygen atoms in total. The molecular formula is C13H11BrO4S2. The van der Waals surface area contributed by atoms with Crippen LogP contribution in [0.5, 0.6) is 0 Å². The quantitative estimate of drug-likeness (QED) is 0.871. The van der Waals surface area contributed by atoms with Gasteiger partial charge in [-0.2, -0.15) is 11.3 Å². The molecule has 0 fully saturated rings. The zero-order chi connectivity index (χ0) is 14.8. The van der Waals surface area contributed by atoms with Crippen molar-refractivity contribution in [3.8, 4) is 0 Å². The molecule has 0 bridgehead atoms. The fourth-order valence-corrected chi connectivity index (χ4v) is 4.46. The van der Waals surface area contributed by atoms with Crippen LogP contribution in [0.4, 0.5) is 0 Å². The van der Waals surface area contributed by atoms with Crippen LogP contribution in [0.1, 0.15) is 15.9 Å². The first kappa shape index (κ1) is 15.2. The van der Waals surface area contributed by atoms with E-state index in [2.05, 4.69) is 15.9 Å². The molecular weight excluding hydrogens is 364 g/mol. The lowest BCUT2D eigenvalue weighted by molar-refractivity contribution is 0.0692. The number of halogens is 1. The third-order valence-electron chi connectivity index (χ3n) is 2.75. The third-order valence-corrected chi connectivity index (χ3v) is 5.72. The van der Waals surface area contributed by atoms with E-state index in [9.17, 15) is 13.2 Å². The van der Waals surface area contributed by atoms with E-state index < -0.39 is 15.8 Å². The highest BCUT2D eigenvalue weighted by Gasteiger charge is 2.22. The second-order valence-corrected chi connectivity index (χ2v) is 7.92. The molecule has 1 N–H and O–H groups in total. The van der Waals surface area contributed by atoms with Gasteiger partial charge >= 0.3 is 5.97 Å². The highest BCUT2D eigenvalue weighted by molar-refractivity contribution is 9.10. The van der Waals surface area contributed by atoms with Crippen molar-refractivity contribution in [1.29, 1.82) is 0 Å². The van der Waals surface area contributed by atoms with Gasteiger partial charge in [0.1, 0.15) is 0 Å². The third kappa shape index (κ3) is 3.47. The highest BCUT2D eigenvalue weighted by atomic mass is 79.9. The Balaban J connectivity index is 2.33. The highest BCUT2D eigenvalue weighted by Crippen LogP contribution is 2.23. The molecule has 2 rings (SSSR count). The van der Waals surface area contributed by atoms with Gasteiger partial charge in [-0.05, 0) is 47.0 Å². The summed E-state index contributed by atoms with van der Waals surface area (Å²) in [5, 5.41) is 12.9. The molecule has 0 atom stereocenters. The Morgan fingerprint density at radius 3 is 2.65 bits per heavy atom. The van der Waals surface area contributed by atoms with E-state index in [0.29, 0.717) is 10.9 Å². The molecule has 106 valence electrons. The predicted octanol–water partition coefficient (Wildman–Crippen LogP) is 3.23. The number of hydrogen-bond acceptors (Lipinski definition) is 4. The zero-order valence-corrected chi connectivity index (χ0v) is 13.5. The SMILES string of the molecule is O=C(O)c1ccc(Br)cc1S(=O)(=O)CCc1ccsc1. The molecule has 0 amide bonds. The van der Waals surface area contributed by atoms with Gasteiger partial charge in [-0.25, -0.2) is 13.2 Å². The molecule has 1 aromatic heterocycles. The number of sulfone groups is 1.